The normalized spacial score (nSPS) is 12.1. The van der Waals surface area contributed by atoms with E-state index < -0.39 is 6.09 Å². The monoisotopic (exact) mass is 520 g/mol. The fourth-order valence-corrected chi connectivity index (χ4v) is 4.99. The maximum Gasteiger partial charge on any atom is 0.412 e. The van der Waals surface area contributed by atoms with Gasteiger partial charge in [0.25, 0.3) is 0 Å². The van der Waals surface area contributed by atoms with Gasteiger partial charge in [-0.15, -0.1) is 11.3 Å². The maximum atomic E-state index is 13.3. The van der Waals surface area contributed by atoms with Gasteiger partial charge in [-0.1, -0.05) is 19.9 Å². The van der Waals surface area contributed by atoms with E-state index in [1.54, 1.807) is 41.1 Å². The molecule has 1 N–H and O–H groups in total. The van der Waals surface area contributed by atoms with Gasteiger partial charge in [-0.25, -0.2) is 19.3 Å². The molecule has 1 atom stereocenters. The molecular formula is C27H32N6O3S. The summed E-state index contributed by atoms with van der Waals surface area (Å²) in [5.74, 6) is 0.225. The molecule has 0 bridgehead atoms. The third-order valence-electron chi connectivity index (χ3n) is 6.30. The minimum atomic E-state index is -0.626. The van der Waals surface area contributed by atoms with Crippen LogP contribution in [0, 0.1) is 0 Å². The molecule has 9 nitrogen and oxygen atoms in total. The minimum Gasteiger partial charge on any atom is -0.450 e. The number of hydrogen-bond donors (Lipinski definition) is 1. The van der Waals surface area contributed by atoms with E-state index >= 15 is 0 Å². The van der Waals surface area contributed by atoms with Crippen LogP contribution in [-0.4, -0.2) is 62.1 Å². The van der Waals surface area contributed by atoms with E-state index in [0.717, 1.165) is 30.1 Å². The van der Waals surface area contributed by atoms with Crippen LogP contribution in [0.1, 0.15) is 50.9 Å². The zero-order chi connectivity index (χ0) is 26.4. The van der Waals surface area contributed by atoms with Crippen LogP contribution >= 0.6 is 11.3 Å². The Hall–Kier alpha value is -3.63. The fraction of sp³-hybridized carbons (Fsp3) is 0.370. The van der Waals surface area contributed by atoms with Gasteiger partial charge in [-0.05, 0) is 63.0 Å². The summed E-state index contributed by atoms with van der Waals surface area (Å²) in [5.41, 5.74) is 3.07. The number of ether oxygens (including phenoxy) is 1. The van der Waals surface area contributed by atoms with Crippen molar-refractivity contribution in [2.24, 2.45) is 0 Å². The van der Waals surface area contributed by atoms with Gasteiger partial charge in [-0.2, -0.15) is 5.10 Å². The van der Waals surface area contributed by atoms with Gasteiger partial charge in [0, 0.05) is 24.2 Å². The Bertz CT molecular complexity index is 1360. The molecule has 0 spiro atoms. The molecule has 0 fully saturated rings. The molecule has 10 heteroatoms. The van der Waals surface area contributed by atoms with Gasteiger partial charge in [-0.3, -0.25) is 10.1 Å². The molecule has 0 aliphatic rings. The van der Waals surface area contributed by atoms with Crippen LogP contribution in [0.15, 0.2) is 48.1 Å². The van der Waals surface area contributed by atoms with E-state index in [2.05, 4.69) is 41.1 Å². The summed E-state index contributed by atoms with van der Waals surface area (Å²) in [6.07, 6.45) is 4.02. The lowest BCUT2D eigenvalue weighted by molar-refractivity contribution is 0.0964. The number of ketones is 1. The first-order chi connectivity index (χ1) is 17.9. The molecule has 0 aromatic carbocycles. The van der Waals surface area contributed by atoms with Crippen LogP contribution in [0.3, 0.4) is 0 Å². The number of rotatable bonds is 11. The molecule has 4 rings (SSSR count). The number of anilines is 1. The molecule has 37 heavy (non-hydrogen) atoms. The van der Waals surface area contributed by atoms with E-state index in [0.29, 0.717) is 28.9 Å². The summed E-state index contributed by atoms with van der Waals surface area (Å²) in [6, 6.07) is 9.54. The van der Waals surface area contributed by atoms with Crippen LogP contribution in [0.4, 0.5) is 10.6 Å². The number of pyridine rings is 1. The summed E-state index contributed by atoms with van der Waals surface area (Å²) in [7, 11) is 0. The largest absolute Gasteiger partial charge is 0.450 e. The SMILES string of the molecule is CCOC(=O)Nc1cc(C(=O)CC[C@H](C)N(CC)CC)cc(-c2cnn3ccc(-c4cccs4)nc23)n1. The fourth-order valence-electron chi connectivity index (χ4n) is 4.29. The average molecular weight is 521 g/mol. The van der Waals surface area contributed by atoms with Gasteiger partial charge >= 0.3 is 6.09 Å². The van der Waals surface area contributed by atoms with Crippen molar-refractivity contribution in [3.63, 3.8) is 0 Å². The Morgan fingerprint density at radius 1 is 1.14 bits per heavy atom. The highest BCUT2D eigenvalue weighted by molar-refractivity contribution is 7.13. The smallest absolute Gasteiger partial charge is 0.412 e. The van der Waals surface area contributed by atoms with E-state index in [9.17, 15) is 9.59 Å². The first-order valence-corrected chi connectivity index (χ1v) is 13.4. The second-order valence-corrected chi connectivity index (χ2v) is 9.57. The number of aromatic nitrogens is 4. The van der Waals surface area contributed by atoms with Crippen molar-refractivity contribution in [2.45, 2.75) is 46.6 Å². The van der Waals surface area contributed by atoms with Gasteiger partial charge < -0.3 is 9.64 Å². The van der Waals surface area contributed by atoms with Crippen LogP contribution in [-0.2, 0) is 4.74 Å². The minimum absolute atomic E-state index is 0.0155. The lowest BCUT2D eigenvalue weighted by Gasteiger charge is -2.26. The number of nitrogens with zero attached hydrogens (tertiary/aromatic N) is 5. The Morgan fingerprint density at radius 3 is 2.65 bits per heavy atom. The van der Waals surface area contributed by atoms with Gasteiger partial charge in [0.05, 0.1) is 34.6 Å². The number of carbonyl (C=O) groups excluding carboxylic acids is 2. The summed E-state index contributed by atoms with van der Waals surface area (Å²) in [4.78, 5) is 38.2. The van der Waals surface area contributed by atoms with Gasteiger partial charge in [0.2, 0.25) is 0 Å². The number of nitrogens with one attached hydrogen (secondary N) is 1. The van der Waals surface area contributed by atoms with E-state index in [4.69, 9.17) is 9.72 Å². The summed E-state index contributed by atoms with van der Waals surface area (Å²) < 4.78 is 6.70. The molecule has 0 aliphatic carbocycles. The molecule has 0 radical (unpaired) electrons. The Labute approximate surface area is 220 Å². The number of carbonyl (C=O) groups is 2. The molecule has 4 aromatic rings. The van der Waals surface area contributed by atoms with Crippen molar-refractivity contribution in [1.29, 1.82) is 0 Å². The Kier molecular flexibility index (Phi) is 8.62. The number of thiophene rings is 1. The first-order valence-electron chi connectivity index (χ1n) is 12.5. The van der Waals surface area contributed by atoms with Crippen LogP contribution in [0.25, 0.3) is 27.5 Å². The lowest BCUT2D eigenvalue weighted by Crippen LogP contribution is -2.33. The van der Waals surface area contributed by atoms with Gasteiger partial charge in [0.1, 0.15) is 5.82 Å². The number of fused-ring (bicyclic) bond motifs is 1. The zero-order valence-corrected chi connectivity index (χ0v) is 22.4. The van der Waals surface area contributed by atoms with Crippen LogP contribution in [0.2, 0.25) is 0 Å². The molecule has 0 saturated carbocycles. The summed E-state index contributed by atoms with van der Waals surface area (Å²) in [5, 5.41) is 9.07. The lowest BCUT2D eigenvalue weighted by atomic mass is 10.0. The summed E-state index contributed by atoms with van der Waals surface area (Å²) in [6.45, 7) is 10.2. The topological polar surface area (TPSA) is 102 Å². The number of Topliss-reactive ketones (excluding diaryl/α,β-unsaturated/α-hetero) is 1. The van der Waals surface area contributed by atoms with Crippen molar-refractivity contribution in [3.05, 3.63) is 53.7 Å². The predicted octanol–water partition coefficient (Wildman–Crippen LogP) is 5.78. The molecule has 0 saturated heterocycles. The van der Waals surface area contributed by atoms with Crippen LogP contribution in [0.5, 0.6) is 0 Å². The molecular weight excluding hydrogens is 488 g/mol. The van der Waals surface area contributed by atoms with Crippen molar-refractivity contribution >= 4 is 34.7 Å². The predicted molar refractivity (Wildman–Crippen MR) is 146 cm³/mol. The van der Waals surface area contributed by atoms with Gasteiger partial charge in [0.15, 0.2) is 11.4 Å². The Morgan fingerprint density at radius 2 is 1.95 bits per heavy atom. The molecule has 4 aromatic heterocycles. The van der Waals surface area contributed by atoms with E-state index in [-0.39, 0.29) is 24.2 Å². The van der Waals surface area contributed by atoms with Crippen molar-refractivity contribution in [1.82, 2.24) is 24.5 Å². The molecule has 4 heterocycles. The van der Waals surface area contributed by atoms with Crippen molar-refractivity contribution in [2.75, 3.05) is 25.0 Å². The second-order valence-electron chi connectivity index (χ2n) is 8.62. The molecule has 0 unspecified atom stereocenters. The second kappa shape index (κ2) is 12.1. The van der Waals surface area contributed by atoms with Crippen molar-refractivity contribution < 1.29 is 14.3 Å². The maximum absolute atomic E-state index is 13.3. The van der Waals surface area contributed by atoms with E-state index in [1.807, 2.05) is 29.8 Å². The highest BCUT2D eigenvalue weighted by Gasteiger charge is 2.19. The Balaban J connectivity index is 1.69. The van der Waals surface area contributed by atoms with E-state index in [1.165, 1.54) is 0 Å². The standard InChI is InChI=1S/C27H32N6O3S/c1-5-32(6-2)18(4)10-11-23(34)19-15-22(29-25(16-19)31-27(35)36-7-3)20-17-28-33-13-12-21(30-26(20)33)24-9-8-14-37-24/h8-9,12-18H,5-7,10-11H2,1-4H3,(H,29,31,35)/t18-/m0/s1. The highest BCUT2D eigenvalue weighted by atomic mass is 32.1. The number of hydrogen-bond acceptors (Lipinski definition) is 8. The third-order valence-corrected chi connectivity index (χ3v) is 7.19. The zero-order valence-electron chi connectivity index (χ0n) is 21.6. The summed E-state index contributed by atoms with van der Waals surface area (Å²) >= 11 is 1.60. The highest BCUT2D eigenvalue weighted by Crippen LogP contribution is 2.29. The number of amides is 1. The molecule has 1 amide bonds. The van der Waals surface area contributed by atoms with Crippen LogP contribution < -0.4 is 5.32 Å². The molecule has 0 aliphatic heterocycles. The first kappa shape index (κ1) is 26.4. The average Bonchev–Trinajstić information content (AvgIpc) is 3.58. The quantitative estimate of drug-likeness (QED) is 0.250. The third kappa shape index (κ3) is 6.20. The van der Waals surface area contributed by atoms with Crippen molar-refractivity contribution in [3.8, 4) is 21.8 Å². The molecule has 194 valence electrons.